The van der Waals surface area contributed by atoms with Crippen molar-refractivity contribution in [1.82, 2.24) is 0 Å². The largest absolute Gasteiger partial charge is 0.497 e. The van der Waals surface area contributed by atoms with E-state index in [4.69, 9.17) is 9.84 Å². The Morgan fingerprint density at radius 3 is 2.94 bits per heavy atom. The molecule has 1 aliphatic heterocycles. The van der Waals surface area contributed by atoms with Gasteiger partial charge in [-0.1, -0.05) is 36.8 Å². The molecule has 0 spiro atoms. The van der Waals surface area contributed by atoms with Gasteiger partial charge < -0.3 is 15.2 Å². The number of aliphatic carboxylic acids is 1. The van der Waals surface area contributed by atoms with E-state index in [0.29, 0.717) is 37.1 Å². The molecule has 2 atom stereocenters. The Balaban J connectivity index is 1.71. The van der Waals surface area contributed by atoms with E-state index < -0.39 is 5.97 Å². The van der Waals surface area contributed by atoms with Crippen molar-refractivity contribution in [2.45, 2.75) is 52.4 Å². The predicted octanol–water partition coefficient (Wildman–Crippen LogP) is 5.13. The lowest BCUT2D eigenvalue weighted by Gasteiger charge is -2.29. The van der Waals surface area contributed by atoms with Crippen LogP contribution in [-0.4, -0.2) is 23.6 Å². The van der Waals surface area contributed by atoms with Crippen LogP contribution in [0.5, 0.6) is 0 Å². The van der Waals surface area contributed by atoms with Crippen LogP contribution in [0.2, 0.25) is 0 Å². The fourth-order valence-electron chi connectivity index (χ4n) is 4.26. The highest BCUT2D eigenvalue weighted by Crippen LogP contribution is 2.35. The van der Waals surface area contributed by atoms with Crippen LogP contribution >= 0.6 is 0 Å². The number of allylic oxidation sites excluding steroid dienone is 5. The van der Waals surface area contributed by atoms with Gasteiger partial charge in [0, 0.05) is 24.4 Å². The van der Waals surface area contributed by atoms with Gasteiger partial charge in [-0.25, -0.2) is 0 Å². The molecule has 2 unspecified atom stereocenters. The molecule has 0 saturated carbocycles. The van der Waals surface area contributed by atoms with Crippen LogP contribution < -0.4 is 5.32 Å². The van der Waals surface area contributed by atoms with E-state index in [0.717, 1.165) is 24.2 Å². The van der Waals surface area contributed by atoms with E-state index in [-0.39, 0.29) is 24.2 Å². The summed E-state index contributed by atoms with van der Waals surface area (Å²) in [6, 6.07) is 7.25. The number of nitrogens with one attached hydrogen (secondary N) is 1. The molecular weight excluding hydrogens is 404 g/mol. The highest BCUT2D eigenvalue weighted by Gasteiger charge is 2.27. The number of nitriles is 1. The quantitative estimate of drug-likeness (QED) is 0.591. The number of anilines is 1. The Bertz CT molecular complexity index is 1010. The van der Waals surface area contributed by atoms with Crippen LogP contribution in [0.1, 0.15) is 57.1 Å². The Kier molecular flexibility index (Phi) is 7.88. The molecule has 1 aromatic rings. The van der Waals surface area contributed by atoms with Gasteiger partial charge in [0.05, 0.1) is 18.2 Å². The van der Waals surface area contributed by atoms with E-state index in [1.807, 2.05) is 6.92 Å². The number of benzene rings is 1. The molecule has 3 rings (SSSR count). The first kappa shape index (κ1) is 23.3. The monoisotopic (exact) mass is 434 g/mol. The van der Waals surface area contributed by atoms with Crippen molar-refractivity contribution < 1.29 is 19.4 Å². The first-order valence-electron chi connectivity index (χ1n) is 11.1. The molecule has 2 aliphatic rings. The third kappa shape index (κ3) is 6.10. The lowest BCUT2D eigenvalue weighted by Crippen LogP contribution is -2.26. The molecule has 1 aromatic carbocycles. The number of carbonyl (C=O) groups is 2. The molecular formula is C26H30N2O4. The van der Waals surface area contributed by atoms with Gasteiger partial charge in [-0.2, -0.15) is 5.26 Å². The fourth-order valence-corrected chi connectivity index (χ4v) is 4.26. The summed E-state index contributed by atoms with van der Waals surface area (Å²) in [5, 5.41) is 21.1. The van der Waals surface area contributed by atoms with Crippen LogP contribution in [0.25, 0.3) is 0 Å². The van der Waals surface area contributed by atoms with Crippen molar-refractivity contribution in [3.8, 4) is 6.07 Å². The lowest BCUT2D eigenvalue weighted by molar-refractivity contribution is -0.137. The number of amides is 1. The molecule has 1 amide bonds. The van der Waals surface area contributed by atoms with Crippen LogP contribution in [0.4, 0.5) is 5.69 Å². The summed E-state index contributed by atoms with van der Waals surface area (Å²) < 4.78 is 5.88. The van der Waals surface area contributed by atoms with Crippen molar-refractivity contribution >= 4 is 17.6 Å². The molecule has 1 heterocycles. The summed E-state index contributed by atoms with van der Waals surface area (Å²) in [5.74, 6) is 0.0928. The summed E-state index contributed by atoms with van der Waals surface area (Å²) in [5.41, 5.74) is 4.27. The second kappa shape index (κ2) is 10.8. The van der Waals surface area contributed by atoms with Crippen LogP contribution in [0.3, 0.4) is 0 Å². The fraction of sp³-hybridized carbons (Fsp3) is 0.423. The number of aryl methyl sites for hydroxylation is 1. The number of hydrogen-bond donors (Lipinski definition) is 2. The van der Waals surface area contributed by atoms with Gasteiger partial charge in [0.1, 0.15) is 5.76 Å². The normalized spacial score (nSPS) is 18.5. The SMILES string of the molecule is CC1=CC2=C(CC=C1)OCCC2CC(C)C(=O)Nc1cc(C#N)ccc1CCCC(=O)O. The Labute approximate surface area is 189 Å². The molecule has 0 saturated heterocycles. The number of carboxylic acids is 1. The maximum absolute atomic E-state index is 13.0. The van der Waals surface area contributed by atoms with Crippen LogP contribution in [0.15, 0.2) is 53.3 Å². The maximum Gasteiger partial charge on any atom is 0.303 e. The summed E-state index contributed by atoms with van der Waals surface area (Å²) in [4.78, 5) is 23.9. The molecule has 168 valence electrons. The zero-order valence-corrected chi connectivity index (χ0v) is 18.7. The highest BCUT2D eigenvalue weighted by atomic mass is 16.5. The molecule has 6 nitrogen and oxygen atoms in total. The lowest BCUT2D eigenvalue weighted by atomic mass is 9.84. The average molecular weight is 435 g/mol. The molecule has 32 heavy (non-hydrogen) atoms. The number of carboxylic acid groups (broad SMARTS) is 1. The topological polar surface area (TPSA) is 99.4 Å². The minimum atomic E-state index is -0.846. The first-order valence-corrected chi connectivity index (χ1v) is 11.1. The van der Waals surface area contributed by atoms with Crippen molar-refractivity contribution in [2.24, 2.45) is 11.8 Å². The molecule has 0 bridgehead atoms. The van der Waals surface area contributed by atoms with Gasteiger partial charge in [0.15, 0.2) is 0 Å². The summed E-state index contributed by atoms with van der Waals surface area (Å²) in [6.07, 6.45) is 9.81. The minimum Gasteiger partial charge on any atom is -0.497 e. The van der Waals surface area contributed by atoms with Gasteiger partial charge in [0.2, 0.25) is 5.91 Å². The second-order valence-electron chi connectivity index (χ2n) is 8.56. The van der Waals surface area contributed by atoms with Crippen LogP contribution in [-0.2, 0) is 20.7 Å². The Hall–Kier alpha value is -3.33. The van der Waals surface area contributed by atoms with Crippen molar-refractivity contribution in [3.63, 3.8) is 0 Å². The molecule has 0 aromatic heterocycles. The highest BCUT2D eigenvalue weighted by molar-refractivity contribution is 5.93. The van der Waals surface area contributed by atoms with Crippen molar-refractivity contribution in [3.05, 3.63) is 64.5 Å². The van der Waals surface area contributed by atoms with E-state index in [9.17, 15) is 14.9 Å². The van der Waals surface area contributed by atoms with E-state index in [2.05, 4.69) is 36.5 Å². The maximum atomic E-state index is 13.0. The third-order valence-corrected chi connectivity index (χ3v) is 5.99. The van der Waals surface area contributed by atoms with Gasteiger partial charge in [-0.3, -0.25) is 9.59 Å². The number of nitrogens with zero attached hydrogens (tertiary/aromatic N) is 1. The van der Waals surface area contributed by atoms with Crippen LogP contribution in [0, 0.1) is 23.2 Å². The van der Waals surface area contributed by atoms with Crippen molar-refractivity contribution in [1.29, 1.82) is 5.26 Å². The third-order valence-electron chi connectivity index (χ3n) is 5.99. The number of rotatable bonds is 8. The van der Waals surface area contributed by atoms with E-state index in [1.54, 1.807) is 18.2 Å². The zero-order chi connectivity index (χ0) is 23.1. The number of hydrogen-bond acceptors (Lipinski definition) is 4. The van der Waals surface area contributed by atoms with Gasteiger partial charge in [-0.05, 0) is 61.8 Å². The van der Waals surface area contributed by atoms with Gasteiger partial charge in [0.25, 0.3) is 0 Å². The Morgan fingerprint density at radius 2 is 2.19 bits per heavy atom. The summed E-state index contributed by atoms with van der Waals surface area (Å²) in [6.45, 7) is 4.66. The number of ether oxygens (including phenoxy) is 1. The molecule has 6 heteroatoms. The summed E-state index contributed by atoms with van der Waals surface area (Å²) in [7, 11) is 0. The van der Waals surface area contributed by atoms with Gasteiger partial charge >= 0.3 is 5.97 Å². The van der Waals surface area contributed by atoms with Gasteiger partial charge in [-0.15, -0.1) is 0 Å². The second-order valence-corrected chi connectivity index (χ2v) is 8.56. The molecule has 0 fully saturated rings. The minimum absolute atomic E-state index is 0.0623. The predicted molar refractivity (Wildman–Crippen MR) is 123 cm³/mol. The molecule has 1 aliphatic carbocycles. The van der Waals surface area contributed by atoms with E-state index >= 15 is 0 Å². The van der Waals surface area contributed by atoms with E-state index in [1.165, 1.54) is 11.1 Å². The molecule has 2 N–H and O–H groups in total. The number of carbonyl (C=O) groups excluding carboxylic acids is 1. The first-order chi connectivity index (χ1) is 15.4. The zero-order valence-electron chi connectivity index (χ0n) is 18.7. The molecule has 0 radical (unpaired) electrons. The van der Waals surface area contributed by atoms with Crippen molar-refractivity contribution in [2.75, 3.05) is 11.9 Å². The Morgan fingerprint density at radius 1 is 1.38 bits per heavy atom. The smallest absolute Gasteiger partial charge is 0.303 e. The summed E-state index contributed by atoms with van der Waals surface area (Å²) >= 11 is 0. The average Bonchev–Trinajstić information content (AvgIpc) is 2.95. The standard InChI is InChI=1S/C26H30N2O4/c1-17-5-3-7-24-22(13-17)21(11-12-32-24)14-18(2)26(31)28-23-15-19(16-27)9-10-20(23)6-4-8-25(29)30/h3,5,9-10,13,15,18,21H,4,6-8,11-12,14H2,1-2H3,(H,28,31)(H,29,30).